The van der Waals surface area contributed by atoms with E-state index in [2.05, 4.69) is 10.3 Å². The third kappa shape index (κ3) is 5.07. The number of nitro groups is 1. The minimum absolute atomic E-state index is 0.00793. The summed E-state index contributed by atoms with van der Waals surface area (Å²) in [5, 5.41) is 13.5. The highest BCUT2D eigenvalue weighted by Gasteiger charge is 2.20. The third-order valence-electron chi connectivity index (χ3n) is 4.38. The number of anilines is 1. The Kier molecular flexibility index (Phi) is 6.34. The number of hydrogen-bond donors (Lipinski definition) is 1. The van der Waals surface area contributed by atoms with Gasteiger partial charge in [0.15, 0.2) is 6.10 Å². The second kappa shape index (κ2) is 9.11. The molecule has 0 aliphatic heterocycles. The molecule has 3 rings (SSSR count). The van der Waals surface area contributed by atoms with Crippen LogP contribution in [-0.2, 0) is 20.9 Å². The van der Waals surface area contributed by atoms with Crippen LogP contribution < -0.4 is 10.9 Å². The summed E-state index contributed by atoms with van der Waals surface area (Å²) in [4.78, 5) is 50.7. The van der Waals surface area contributed by atoms with E-state index in [9.17, 15) is 28.9 Å². The summed E-state index contributed by atoms with van der Waals surface area (Å²) in [5.74, 6) is -2.52. The van der Waals surface area contributed by atoms with Crippen LogP contribution in [0.25, 0.3) is 10.9 Å². The van der Waals surface area contributed by atoms with Crippen LogP contribution in [-0.4, -0.2) is 32.5 Å². The predicted octanol–water partition coefficient (Wildman–Crippen LogP) is 2.40. The van der Waals surface area contributed by atoms with Crippen LogP contribution in [0.2, 0.25) is 0 Å². The molecule has 3 aromatic rings. The van der Waals surface area contributed by atoms with E-state index in [1.165, 1.54) is 17.8 Å². The van der Waals surface area contributed by atoms with Gasteiger partial charge in [0.1, 0.15) is 0 Å². The van der Waals surface area contributed by atoms with Crippen molar-refractivity contribution in [2.75, 3.05) is 5.32 Å². The van der Waals surface area contributed by atoms with Crippen molar-refractivity contribution < 1.29 is 23.6 Å². The zero-order chi connectivity index (χ0) is 22.5. The first kappa shape index (κ1) is 21.6. The quantitative estimate of drug-likeness (QED) is 0.347. The first-order chi connectivity index (χ1) is 14.8. The molecule has 0 radical (unpaired) electrons. The van der Waals surface area contributed by atoms with Gasteiger partial charge in [-0.1, -0.05) is 12.1 Å². The smallest absolute Gasteiger partial charge is 0.308 e. The predicted molar refractivity (Wildman–Crippen MR) is 108 cm³/mol. The van der Waals surface area contributed by atoms with Gasteiger partial charge in [-0.25, -0.2) is 4.98 Å². The number of nitrogens with zero attached hydrogens (tertiary/aromatic N) is 3. The van der Waals surface area contributed by atoms with Gasteiger partial charge < -0.3 is 10.1 Å². The second-order valence-corrected chi connectivity index (χ2v) is 6.55. The van der Waals surface area contributed by atoms with Gasteiger partial charge in [-0.05, 0) is 31.2 Å². The number of carbonyl (C=O) groups is 2. The fraction of sp³-hybridized carbons (Fsp3) is 0.200. The summed E-state index contributed by atoms with van der Waals surface area (Å²) in [6, 6.07) is 9.65. The van der Waals surface area contributed by atoms with E-state index in [0.29, 0.717) is 10.9 Å². The third-order valence-corrected chi connectivity index (χ3v) is 4.38. The summed E-state index contributed by atoms with van der Waals surface area (Å²) >= 11 is 0. The lowest BCUT2D eigenvalue weighted by molar-refractivity contribution is -0.387. The van der Waals surface area contributed by atoms with Crippen molar-refractivity contribution >= 4 is 34.2 Å². The Balaban J connectivity index is 1.57. The number of esters is 1. The molecule has 1 amide bonds. The van der Waals surface area contributed by atoms with E-state index in [4.69, 9.17) is 4.74 Å². The lowest BCUT2D eigenvalue weighted by Crippen LogP contribution is -2.30. The number of carbonyl (C=O) groups excluding carboxylic acids is 2. The lowest BCUT2D eigenvalue weighted by atomic mass is 10.2. The molecule has 0 spiro atoms. The Hall–Kier alpha value is -4.15. The average Bonchev–Trinajstić information content (AvgIpc) is 2.74. The van der Waals surface area contributed by atoms with Crippen molar-refractivity contribution in [1.82, 2.24) is 9.55 Å². The van der Waals surface area contributed by atoms with E-state index >= 15 is 0 Å². The van der Waals surface area contributed by atoms with Gasteiger partial charge in [0, 0.05) is 18.3 Å². The molecule has 0 bridgehead atoms. The Morgan fingerprint density at radius 1 is 1.29 bits per heavy atom. The lowest BCUT2D eigenvalue weighted by Gasteiger charge is -2.14. The van der Waals surface area contributed by atoms with Crippen LogP contribution in [0.4, 0.5) is 15.8 Å². The molecule has 0 saturated heterocycles. The summed E-state index contributed by atoms with van der Waals surface area (Å²) in [6.07, 6.45) is -0.0715. The average molecular weight is 428 g/mol. The van der Waals surface area contributed by atoms with Crippen molar-refractivity contribution in [3.8, 4) is 0 Å². The molecule has 0 aliphatic rings. The molecule has 0 saturated carbocycles. The van der Waals surface area contributed by atoms with Gasteiger partial charge in [0.05, 0.1) is 28.6 Å². The number of hydrogen-bond acceptors (Lipinski definition) is 7. The topological polar surface area (TPSA) is 133 Å². The van der Waals surface area contributed by atoms with Crippen LogP contribution in [0.15, 0.2) is 53.6 Å². The van der Waals surface area contributed by atoms with Crippen LogP contribution in [0, 0.1) is 15.9 Å². The molecule has 160 valence electrons. The van der Waals surface area contributed by atoms with Crippen LogP contribution in [0.5, 0.6) is 0 Å². The molecule has 0 fully saturated rings. The van der Waals surface area contributed by atoms with E-state index in [1.807, 2.05) is 0 Å². The Labute approximate surface area is 174 Å². The van der Waals surface area contributed by atoms with Crippen molar-refractivity contribution in [2.24, 2.45) is 0 Å². The molecular weight excluding hydrogens is 411 g/mol. The number of nitro benzene ring substituents is 1. The minimum Gasteiger partial charge on any atom is -0.452 e. The highest BCUT2D eigenvalue weighted by Crippen LogP contribution is 2.21. The summed E-state index contributed by atoms with van der Waals surface area (Å²) in [6.45, 7) is 1.32. The number of benzene rings is 2. The van der Waals surface area contributed by atoms with Crippen LogP contribution >= 0.6 is 0 Å². The molecular formula is C20H17FN4O6. The molecule has 1 aromatic heterocycles. The second-order valence-electron chi connectivity index (χ2n) is 6.55. The molecule has 0 aliphatic carbocycles. The largest absolute Gasteiger partial charge is 0.452 e. The van der Waals surface area contributed by atoms with Gasteiger partial charge in [-0.3, -0.25) is 29.1 Å². The zero-order valence-corrected chi connectivity index (χ0v) is 16.3. The number of aryl methyl sites for hydroxylation is 1. The van der Waals surface area contributed by atoms with Crippen LogP contribution in [0.1, 0.15) is 13.3 Å². The highest BCUT2D eigenvalue weighted by atomic mass is 19.1. The fourth-order valence-electron chi connectivity index (χ4n) is 2.76. The number of para-hydroxylation sites is 1. The maximum Gasteiger partial charge on any atom is 0.308 e. The highest BCUT2D eigenvalue weighted by molar-refractivity contribution is 5.95. The molecule has 2 aromatic carbocycles. The number of rotatable bonds is 7. The molecule has 1 atom stereocenters. The van der Waals surface area contributed by atoms with Gasteiger partial charge in [-0.15, -0.1) is 0 Å². The SMILES string of the molecule is CC(OC(=O)CCn1cnc2ccccc2c1=O)C(=O)Nc1ccc(F)c([N+](=O)[O-])c1. The summed E-state index contributed by atoms with van der Waals surface area (Å²) in [7, 11) is 0. The van der Waals surface area contributed by atoms with Crippen molar-refractivity contribution in [3.05, 3.63) is 75.1 Å². The van der Waals surface area contributed by atoms with Gasteiger partial charge >= 0.3 is 11.7 Å². The maximum atomic E-state index is 13.4. The van der Waals surface area contributed by atoms with Crippen molar-refractivity contribution in [3.63, 3.8) is 0 Å². The first-order valence-corrected chi connectivity index (χ1v) is 9.14. The molecule has 10 nitrogen and oxygen atoms in total. The first-order valence-electron chi connectivity index (χ1n) is 9.14. The number of aromatic nitrogens is 2. The van der Waals surface area contributed by atoms with Crippen molar-refractivity contribution in [1.29, 1.82) is 0 Å². The van der Waals surface area contributed by atoms with Gasteiger partial charge in [0.25, 0.3) is 11.5 Å². The Morgan fingerprint density at radius 3 is 2.77 bits per heavy atom. The molecule has 31 heavy (non-hydrogen) atoms. The fourth-order valence-corrected chi connectivity index (χ4v) is 2.76. The standard InChI is InChI=1S/C20H17FN4O6/c1-12(19(27)23-13-6-7-15(21)17(10-13)25(29)30)31-18(26)8-9-24-11-22-16-5-3-2-4-14(16)20(24)28/h2-7,10-12H,8-9H2,1H3,(H,23,27). The summed E-state index contributed by atoms with van der Waals surface area (Å²) in [5.41, 5.74) is -0.577. The van der Waals surface area contributed by atoms with Gasteiger partial charge in [-0.2, -0.15) is 4.39 Å². The minimum atomic E-state index is -1.22. The Morgan fingerprint density at radius 2 is 2.03 bits per heavy atom. The molecule has 1 N–H and O–H groups in total. The number of fused-ring (bicyclic) bond motifs is 1. The van der Waals surface area contributed by atoms with Crippen LogP contribution in [0.3, 0.4) is 0 Å². The van der Waals surface area contributed by atoms with Gasteiger partial charge in [0.2, 0.25) is 5.82 Å². The van der Waals surface area contributed by atoms with Crippen molar-refractivity contribution in [2.45, 2.75) is 26.0 Å². The zero-order valence-electron chi connectivity index (χ0n) is 16.3. The number of halogens is 1. The molecule has 1 unspecified atom stereocenters. The summed E-state index contributed by atoms with van der Waals surface area (Å²) < 4.78 is 19.7. The normalized spacial score (nSPS) is 11.7. The Bertz CT molecular complexity index is 1230. The maximum absolute atomic E-state index is 13.4. The molecule has 1 heterocycles. The van der Waals surface area contributed by atoms with E-state index in [-0.39, 0.29) is 24.2 Å². The number of amides is 1. The monoisotopic (exact) mass is 428 g/mol. The molecule has 11 heteroatoms. The number of nitrogens with one attached hydrogen (secondary N) is 1. The van der Waals surface area contributed by atoms with E-state index in [1.54, 1.807) is 24.3 Å². The number of ether oxygens (including phenoxy) is 1. The van der Waals surface area contributed by atoms with E-state index in [0.717, 1.165) is 18.2 Å². The van der Waals surface area contributed by atoms with E-state index < -0.39 is 34.4 Å².